The van der Waals surface area contributed by atoms with E-state index in [9.17, 15) is 17.6 Å². The van der Waals surface area contributed by atoms with E-state index in [-0.39, 0.29) is 43.9 Å². The van der Waals surface area contributed by atoms with Crippen molar-refractivity contribution >= 4 is 27.9 Å². The molecule has 43 heavy (non-hydrogen) atoms. The van der Waals surface area contributed by atoms with E-state index in [4.69, 9.17) is 23.9 Å². The van der Waals surface area contributed by atoms with Gasteiger partial charge < -0.3 is 18.9 Å². The average molecular weight is 619 g/mol. The fraction of sp³-hybridized carbons (Fsp3) is 0.562. The number of anilines is 1. The Morgan fingerprint density at radius 2 is 1.88 bits per heavy atom. The van der Waals surface area contributed by atoms with Crippen molar-refractivity contribution in [1.29, 1.82) is 0 Å². The molecular weight excluding hydrogens is 575 g/mol. The SMILES string of the molecule is CC(C)c1nc2c(c(-c3ccc(F)cc3)c1C=C[C@@H]1C[C@H](CC(=O)OC(C)(C)C)OC(C)(C)O1)COCCN2S(C)(=O)=O. The first-order valence-corrected chi connectivity index (χ1v) is 16.4. The number of carbonyl (C=O) groups is 1. The monoisotopic (exact) mass is 618 g/mol. The molecular formula is C32H43FN2O7S. The maximum Gasteiger partial charge on any atom is 0.308 e. The minimum Gasteiger partial charge on any atom is -0.460 e. The third kappa shape index (κ3) is 8.41. The normalized spacial score (nSPS) is 21.1. The van der Waals surface area contributed by atoms with Gasteiger partial charge in [0.1, 0.15) is 17.2 Å². The fourth-order valence-corrected chi connectivity index (χ4v) is 6.33. The largest absolute Gasteiger partial charge is 0.460 e. The van der Waals surface area contributed by atoms with Gasteiger partial charge in [-0.25, -0.2) is 17.8 Å². The number of sulfonamides is 1. The van der Waals surface area contributed by atoms with Crippen LogP contribution >= 0.6 is 0 Å². The lowest BCUT2D eigenvalue weighted by Crippen LogP contribution is -2.45. The van der Waals surface area contributed by atoms with E-state index in [0.29, 0.717) is 29.1 Å². The predicted octanol–water partition coefficient (Wildman–Crippen LogP) is 5.96. The Labute approximate surface area is 254 Å². The quantitative estimate of drug-likeness (QED) is 0.350. The lowest BCUT2D eigenvalue weighted by atomic mass is 9.90. The summed E-state index contributed by atoms with van der Waals surface area (Å²) in [4.78, 5) is 17.5. The Morgan fingerprint density at radius 3 is 2.49 bits per heavy atom. The summed E-state index contributed by atoms with van der Waals surface area (Å²) in [6, 6.07) is 6.10. The third-order valence-corrected chi connectivity index (χ3v) is 8.17. The summed E-state index contributed by atoms with van der Waals surface area (Å²) in [6.07, 6.45) is 4.68. The molecule has 2 aromatic rings. The number of nitrogens with zero attached hydrogens (tertiary/aromatic N) is 2. The molecule has 3 heterocycles. The molecule has 9 nitrogen and oxygen atoms in total. The number of hydrogen-bond acceptors (Lipinski definition) is 8. The maximum atomic E-state index is 14.0. The molecule has 1 aromatic carbocycles. The van der Waals surface area contributed by atoms with Crippen LogP contribution in [0, 0.1) is 5.82 Å². The van der Waals surface area contributed by atoms with Crippen LogP contribution in [0.5, 0.6) is 0 Å². The van der Waals surface area contributed by atoms with Crippen LogP contribution in [0.4, 0.5) is 10.2 Å². The highest BCUT2D eigenvalue weighted by molar-refractivity contribution is 7.92. The lowest BCUT2D eigenvalue weighted by molar-refractivity contribution is -0.290. The highest BCUT2D eigenvalue weighted by atomic mass is 32.2. The molecule has 2 aliphatic rings. The lowest BCUT2D eigenvalue weighted by Gasteiger charge is -2.40. The smallest absolute Gasteiger partial charge is 0.308 e. The van der Waals surface area contributed by atoms with Crippen LogP contribution in [0.2, 0.25) is 0 Å². The topological polar surface area (TPSA) is 104 Å². The first-order valence-electron chi connectivity index (χ1n) is 14.6. The molecule has 0 amide bonds. The van der Waals surface area contributed by atoms with E-state index < -0.39 is 33.6 Å². The van der Waals surface area contributed by atoms with Gasteiger partial charge in [0.25, 0.3) is 0 Å². The predicted molar refractivity (Wildman–Crippen MR) is 164 cm³/mol. The van der Waals surface area contributed by atoms with Gasteiger partial charge >= 0.3 is 5.97 Å². The number of aromatic nitrogens is 1. The molecule has 1 saturated heterocycles. The van der Waals surface area contributed by atoms with Crippen molar-refractivity contribution in [2.75, 3.05) is 23.7 Å². The van der Waals surface area contributed by atoms with Gasteiger partial charge in [0, 0.05) is 17.5 Å². The van der Waals surface area contributed by atoms with Gasteiger partial charge in [-0.15, -0.1) is 0 Å². The summed E-state index contributed by atoms with van der Waals surface area (Å²) in [5.41, 5.74) is 2.87. The van der Waals surface area contributed by atoms with Crippen molar-refractivity contribution in [1.82, 2.24) is 4.98 Å². The van der Waals surface area contributed by atoms with Crippen LogP contribution in [0.15, 0.2) is 30.3 Å². The Hall–Kier alpha value is -2.86. The zero-order valence-electron chi connectivity index (χ0n) is 26.3. The van der Waals surface area contributed by atoms with Crippen LogP contribution in [0.3, 0.4) is 0 Å². The minimum atomic E-state index is -3.65. The Bertz CT molecular complexity index is 1460. The van der Waals surface area contributed by atoms with Crippen LogP contribution in [0.1, 0.15) is 84.0 Å². The summed E-state index contributed by atoms with van der Waals surface area (Å²) >= 11 is 0. The van der Waals surface area contributed by atoms with Gasteiger partial charge in [0.15, 0.2) is 5.79 Å². The number of benzene rings is 1. The van der Waals surface area contributed by atoms with Crippen molar-refractivity contribution in [3.63, 3.8) is 0 Å². The zero-order valence-corrected chi connectivity index (χ0v) is 27.1. The minimum absolute atomic E-state index is 0.0818. The van der Waals surface area contributed by atoms with Crippen molar-refractivity contribution in [2.45, 2.75) is 97.4 Å². The molecule has 0 saturated carbocycles. The molecule has 0 spiro atoms. The van der Waals surface area contributed by atoms with Gasteiger partial charge in [-0.2, -0.15) is 0 Å². The summed E-state index contributed by atoms with van der Waals surface area (Å²) in [7, 11) is -3.65. The molecule has 2 aliphatic heterocycles. The first-order chi connectivity index (χ1) is 19.9. The second kappa shape index (κ2) is 12.6. The van der Waals surface area contributed by atoms with Crippen molar-refractivity contribution in [2.24, 2.45) is 0 Å². The van der Waals surface area contributed by atoms with Gasteiger partial charge in [0.2, 0.25) is 10.0 Å². The molecule has 0 aliphatic carbocycles. The number of rotatable bonds is 7. The van der Waals surface area contributed by atoms with Crippen LogP contribution in [-0.2, 0) is 40.4 Å². The maximum absolute atomic E-state index is 14.0. The molecule has 0 bridgehead atoms. The molecule has 1 fully saturated rings. The summed E-state index contributed by atoms with van der Waals surface area (Å²) < 4.78 is 64.6. The van der Waals surface area contributed by atoms with E-state index in [0.717, 1.165) is 17.4 Å². The van der Waals surface area contributed by atoms with E-state index in [1.165, 1.54) is 16.4 Å². The summed E-state index contributed by atoms with van der Waals surface area (Å²) in [6.45, 7) is 13.5. The number of halogens is 1. The van der Waals surface area contributed by atoms with Crippen LogP contribution in [0.25, 0.3) is 17.2 Å². The fourth-order valence-electron chi connectivity index (χ4n) is 5.46. The average Bonchev–Trinajstić information content (AvgIpc) is 3.07. The van der Waals surface area contributed by atoms with E-state index in [2.05, 4.69) is 0 Å². The Balaban J connectivity index is 1.82. The molecule has 0 unspecified atom stereocenters. The Morgan fingerprint density at radius 1 is 1.21 bits per heavy atom. The van der Waals surface area contributed by atoms with Gasteiger partial charge in [0.05, 0.1) is 50.3 Å². The zero-order chi connectivity index (χ0) is 31.7. The molecule has 2 atom stereocenters. The molecule has 0 radical (unpaired) electrons. The number of pyridine rings is 1. The van der Waals surface area contributed by atoms with Crippen molar-refractivity contribution in [3.8, 4) is 11.1 Å². The summed E-state index contributed by atoms with van der Waals surface area (Å²) in [5, 5.41) is 0. The van der Waals surface area contributed by atoms with E-state index in [1.807, 2.05) is 46.8 Å². The van der Waals surface area contributed by atoms with Crippen LogP contribution < -0.4 is 4.31 Å². The van der Waals surface area contributed by atoms with Crippen molar-refractivity contribution < 1.29 is 36.6 Å². The first kappa shape index (κ1) is 33.0. The highest BCUT2D eigenvalue weighted by Gasteiger charge is 2.37. The second-order valence-corrected chi connectivity index (χ2v) is 14.7. The van der Waals surface area contributed by atoms with E-state index in [1.54, 1.807) is 26.0 Å². The summed E-state index contributed by atoms with van der Waals surface area (Å²) in [5.74, 6) is -1.43. The number of carbonyl (C=O) groups excluding carboxylic acids is 1. The van der Waals surface area contributed by atoms with E-state index >= 15 is 0 Å². The molecule has 236 valence electrons. The molecule has 0 N–H and O–H groups in total. The van der Waals surface area contributed by atoms with Gasteiger partial charge in [-0.05, 0) is 63.8 Å². The highest BCUT2D eigenvalue weighted by Crippen LogP contribution is 2.41. The number of ether oxygens (including phenoxy) is 4. The molecule has 1 aromatic heterocycles. The van der Waals surface area contributed by atoms with Gasteiger partial charge in [-0.3, -0.25) is 9.10 Å². The number of hydrogen-bond donors (Lipinski definition) is 0. The van der Waals surface area contributed by atoms with Crippen molar-refractivity contribution in [3.05, 3.63) is 53.0 Å². The Kier molecular flexibility index (Phi) is 9.71. The van der Waals surface area contributed by atoms with Gasteiger partial charge in [-0.1, -0.05) is 38.1 Å². The standard InChI is InChI=1S/C32H43FN2O7S/c1-20(2)29-25(14-13-23-17-24(41-32(6,7)40-23)18-27(36)42-31(3,4)5)28(21-9-11-22(33)12-10-21)26-19-39-16-15-35(30(26)34-29)43(8,37)38/h9-14,20,23-24H,15-19H2,1-8H3/t23-,24-/m1/s1. The number of esters is 1. The third-order valence-electron chi connectivity index (χ3n) is 7.02. The number of fused-ring (bicyclic) bond motifs is 1. The molecule has 11 heteroatoms. The second-order valence-electron chi connectivity index (χ2n) is 12.8. The van der Waals surface area contributed by atoms with Crippen LogP contribution in [-0.4, -0.2) is 62.4 Å². The molecule has 4 rings (SSSR count).